The lowest BCUT2D eigenvalue weighted by atomic mass is 10.3. The van der Waals surface area contributed by atoms with Gasteiger partial charge < -0.3 is 20.1 Å². The van der Waals surface area contributed by atoms with Crippen LogP contribution >= 0.6 is 0 Å². The number of β-amino-alcohol motifs (C(OH)–C–C–N with tert-alkyl or cyclic N) is 1. The molecule has 2 fully saturated rings. The predicted molar refractivity (Wildman–Crippen MR) is 81.0 cm³/mol. The number of aliphatic hydroxyl groups excluding tert-OH is 1. The van der Waals surface area contributed by atoms with Gasteiger partial charge in [-0.05, 0) is 32.6 Å². The third kappa shape index (κ3) is 4.94. The Morgan fingerprint density at radius 1 is 1.35 bits per heavy atom. The normalized spacial score (nSPS) is 24.6. The SMILES string of the molecule is CCNC(=NCCCOC1CCCC1)N1CC[C@@H](O)C1. The molecule has 0 bridgehead atoms. The van der Waals surface area contributed by atoms with E-state index in [4.69, 9.17) is 4.74 Å². The maximum atomic E-state index is 9.60. The lowest BCUT2D eigenvalue weighted by Crippen LogP contribution is -2.40. The van der Waals surface area contributed by atoms with E-state index >= 15 is 0 Å². The second kappa shape index (κ2) is 8.47. The molecule has 2 aliphatic rings. The molecule has 0 aromatic carbocycles. The summed E-state index contributed by atoms with van der Waals surface area (Å²) in [6, 6.07) is 0. The van der Waals surface area contributed by atoms with E-state index in [0.29, 0.717) is 12.6 Å². The van der Waals surface area contributed by atoms with Gasteiger partial charge >= 0.3 is 0 Å². The fraction of sp³-hybridized carbons (Fsp3) is 0.933. The zero-order valence-electron chi connectivity index (χ0n) is 12.7. The molecule has 0 radical (unpaired) electrons. The van der Waals surface area contributed by atoms with Crippen molar-refractivity contribution in [2.75, 3.05) is 32.8 Å². The molecule has 116 valence electrons. The Morgan fingerprint density at radius 3 is 2.80 bits per heavy atom. The molecule has 0 aromatic heterocycles. The summed E-state index contributed by atoms with van der Waals surface area (Å²) in [6.45, 7) is 6.14. The average molecular weight is 283 g/mol. The molecule has 20 heavy (non-hydrogen) atoms. The lowest BCUT2D eigenvalue weighted by Gasteiger charge is -2.21. The molecule has 5 heteroatoms. The Kier molecular flexibility index (Phi) is 6.60. The molecule has 5 nitrogen and oxygen atoms in total. The molecule has 0 spiro atoms. The summed E-state index contributed by atoms with van der Waals surface area (Å²) in [6.07, 6.45) is 7.23. The highest BCUT2D eigenvalue weighted by Gasteiger charge is 2.22. The molecule has 0 unspecified atom stereocenters. The Morgan fingerprint density at radius 2 is 2.15 bits per heavy atom. The first-order valence-corrected chi connectivity index (χ1v) is 8.12. The molecular formula is C15H29N3O2. The summed E-state index contributed by atoms with van der Waals surface area (Å²) in [4.78, 5) is 6.78. The quantitative estimate of drug-likeness (QED) is 0.439. The number of guanidine groups is 1. The fourth-order valence-corrected chi connectivity index (χ4v) is 2.91. The van der Waals surface area contributed by atoms with Gasteiger partial charge in [-0.3, -0.25) is 4.99 Å². The monoisotopic (exact) mass is 283 g/mol. The van der Waals surface area contributed by atoms with Crippen molar-refractivity contribution in [3.05, 3.63) is 0 Å². The minimum absolute atomic E-state index is 0.204. The number of rotatable bonds is 6. The Hall–Kier alpha value is -0.810. The van der Waals surface area contributed by atoms with Crippen LogP contribution in [0.3, 0.4) is 0 Å². The third-order valence-corrected chi connectivity index (χ3v) is 4.02. The van der Waals surface area contributed by atoms with Gasteiger partial charge in [0.25, 0.3) is 0 Å². The highest BCUT2D eigenvalue weighted by molar-refractivity contribution is 5.80. The minimum Gasteiger partial charge on any atom is -0.391 e. The Labute approximate surface area is 122 Å². The van der Waals surface area contributed by atoms with E-state index in [2.05, 4.69) is 22.1 Å². The molecular weight excluding hydrogens is 254 g/mol. The van der Waals surface area contributed by atoms with Gasteiger partial charge in [0.15, 0.2) is 5.96 Å². The van der Waals surface area contributed by atoms with Crippen molar-refractivity contribution in [1.82, 2.24) is 10.2 Å². The van der Waals surface area contributed by atoms with E-state index in [1.54, 1.807) is 0 Å². The van der Waals surface area contributed by atoms with Crippen LogP contribution in [-0.4, -0.2) is 61.0 Å². The number of ether oxygens (including phenoxy) is 1. The van der Waals surface area contributed by atoms with Crippen molar-refractivity contribution in [1.29, 1.82) is 0 Å². The van der Waals surface area contributed by atoms with Crippen LogP contribution in [0.1, 0.15) is 45.4 Å². The number of hydrogen-bond acceptors (Lipinski definition) is 3. The second-order valence-corrected chi connectivity index (χ2v) is 5.75. The van der Waals surface area contributed by atoms with E-state index in [9.17, 15) is 5.11 Å². The summed E-state index contributed by atoms with van der Waals surface area (Å²) < 4.78 is 5.84. The predicted octanol–water partition coefficient (Wildman–Crippen LogP) is 1.37. The van der Waals surface area contributed by atoms with Gasteiger partial charge in [0.2, 0.25) is 0 Å². The first-order chi connectivity index (χ1) is 9.79. The number of nitrogens with one attached hydrogen (secondary N) is 1. The second-order valence-electron chi connectivity index (χ2n) is 5.75. The first-order valence-electron chi connectivity index (χ1n) is 8.12. The molecule has 1 aliphatic heterocycles. The van der Waals surface area contributed by atoms with Crippen LogP contribution in [0.2, 0.25) is 0 Å². The van der Waals surface area contributed by atoms with Crippen molar-refractivity contribution in [3.63, 3.8) is 0 Å². The van der Waals surface area contributed by atoms with Gasteiger partial charge in [0, 0.05) is 32.8 Å². The molecule has 2 rings (SSSR count). The van der Waals surface area contributed by atoms with Crippen LogP contribution in [-0.2, 0) is 4.74 Å². The minimum atomic E-state index is -0.204. The van der Waals surface area contributed by atoms with Gasteiger partial charge in [-0.15, -0.1) is 0 Å². The van der Waals surface area contributed by atoms with Crippen LogP contribution in [0.15, 0.2) is 4.99 Å². The van der Waals surface area contributed by atoms with Gasteiger partial charge in [-0.1, -0.05) is 12.8 Å². The van der Waals surface area contributed by atoms with Gasteiger partial charge in [0.1, 0.15) is 0 Å². The van der Waals surface area contributed by atoms with Crippen LogP contribution < -0.4 is 5.32 Å². The molecule has 2 N–H and O–H groups in total. The number of aliphatic hydroxyl groups is 1. The van der Waals surface area contributed by atoms with Crippen molar-refractivity contribution < 1.29 is 9.84 Å². The summed E-state index contributed by atoms with van der Waals surface area (Å²) in [7, 11) is 0. The Bertz CT molecular complexity index is 303. The summed E-state index contributed by atoms with van der Waals surface area (Å²) in [5.41, 5.74) is 0. The van der Waals surface area contributed by atoms with E-state index in [1.165, 1.54) is 25.7 Å². The molecule has 0 aromatic rings. The van der Waals surface area contributed by atoms with Crippen molar-refractivity contribution in [3.8, 4) is 0 Å². The van der Waals surface area contributed by atoms with Crippen LogP contribution in [0.25, 0.3) is 0 Å². The molecule has 1 saturated heterocycles. The van der Waals surface area contributed by atoms with Gasteiger partial charge in [0.05, 0.1) is 12.2 Å². The standard InChI is InChI=1S/C15H29N3O2/c1-2-16-15(18-10-8-13(19)12-18)17-9-5-11-20-14-6-3-4-7-14/h13-14,19H,2-12H2,1H3,(H,16,17)/t13-/m1/s1. The zero-order chi connectivity index (χ0) is 14.2. The highest BCUT2D eigenvalue weighted by Crippen LogP contribution is 2.20. The van der Waals surface area contributed by atoms with E-state index in [1.807, 2.05) is 0 Å². The van der Waals surface area contributed by atoms with Gasteiger partial charge in [-0.25, -0.2) is 0 Å². The van der Waals surface area contributed by atoms with Crippen molar-refractivity contribution >= 4 is 5.96 Å². The van der Waals surface area contributed by atoms with E-state index in [0.717, 1.165) is 45.0 Å². The number of likely N-dealkylation sites (tertiary alicyclic amines) is 1. The number of hydrogen-bond donors (Lipinski definition) is 2. The maximum absolute atomic E-state index is 9.60. The summed E-state index contributed by atoms with van der Waals surface area (Å²) >= 11 is 0. The molecule has 1 atom stereocenters. The fourth-order valence-electron chi connectivity index (χ4n) is 2.91. The zero-order valence-corrected chi connectivity index (χ0v) is 12.7. The van der Waals surface area contributed by atoms with Gasteiger partial charge in [-0.2, -0.15) is 0 Å². The maximum Gasteiger partial charge on any atom is 0.194 e. The summed E-state index contributed by atoms with van der Waals surface area (Å²) in [5, 5.41) is 12.9. The largest absolute Gasteiger partial charge is 0.391 e. The topological polar surface area (TPSA) is 57.1 Å². The van der Waals surface area contributed by atoms with Crippen molar-refractivity contribution in [2.24, 2.45) is 4.99 Å². The molecule has 0 amide bonds. The lowest BCUT2D eigenvalue weighted by molar-refractivity contribution is 0.0579. The molecule has 1 aliphatic carbocycles. The molecule has 1 heterocycles. The van der Waals surface area contributed by atoms with Crippen molar-refractivity contribution in [2.45, 2.75) is 57.7 Å². The third-order valence-electron chi connectivity index (χ3n) is 4.02. The first kappa shape index (κ1) is 15.6. The van der Waals surface area contributed by atoms with E-state index in [-0.39, 0.29) is 6.10 Å². The average Bonchev–Trinajstić information content (AvgIpc) is 3.08. The van der Waals surface area contributed by atoms with Crippen LogP contribution in [0.5, 0.6) is 0 Å². The van der Waals surface area contributed by atoms with Crippen LogP contribution in [0, 0.1) is 0 Å². The molecule has 1 saturated carbocycles. The smallest absolute Gasteiger partial charge is 0.194 e. The number of aliphatic imine (C=N–C) groups is 1. The van der Waals surface area contributed by atoms with E-state index < -0.39 is 0 Å². The highest BCUT2D eigenvalue weighted by atomic mass is 16.5. The Balaban J connectivity index is 1.66. The van der Waals surface area contributed by atoms with Crippen LogP contribution in [0.4, 0.5) is 0 Å². The number of nitrogens with zero attached hydrogens (tertiary/aromatic N) is 2. The summed E-state index contributed by atoms with van der Waals surface area (Å²) in [5.74, 6) is 0.935.